The lowest BCUT2D eigenvalue weighted by atomic mass is 10.1. The van der Waals surface area contributed by atoms with Gasteiger partial charge < -0.3 is 11.5 Å². The van der Waals surface area contributed by atoms with E-state index in [2.05, 4.69) is 38.1 Å². The molecule has 0 aliphatic carbocycles. The summed E-state index contributed by atoms with van der Waals surface area (Å²) in [7, 11) is 0. The van der Waals surface area contributed by atoms with Gasteiger partial charge in [0.1, 0.15) is 11.5 Å². The zero-order valence-corrected chi connectivity index (χ0v) is 19.1. The van der Waals surface area contributed by atoms with E-state index in [0.29, 0.717) is 11.5 Å². The Balaban J connectivity index is 0.000000541. The Morgan fingerprint density at radius 1 is 0.821 bits per heavy atom. The summed E-state index contributed by atoms with van der Waals surface area (Å²) in [4.78, 5) is 3.89. The first-order chi connectivity index (χ1) is 13.2. The molecule has 0 bridgehead atoms. The third-order valence-corrected chi connectivity index (χ3v) is 4.50. The fourth-order valence-electron chi connectivity index (χ4n) is 2.40. The standard InChI is InChI=1S/C11H11N5.C10H21Br.ClH/c12-10-7-6-9(11(13)14-10)16-15-8-4-2-1-3-5-8;1-2-3-4-5-6-7-8-9-10-11;/h1-7H,(H4,12,13,14);2-10H2,1H3;1H. The fraction of sp³-hybridized carbons (Fsp3) is 0.476. The van der Waals surface area contributed by atoms with Crippen LogP contribution in [0, 0.1) is 0 Å². The van der Waals surface area contributed by atoms with Crippen LogP contribution >= 0.6 is 28.3 Å². The van der Waals surface area contributed by atoms with Crippen LogP contribution in [0.2, 0.25) is 0 Å². The number of pyridine rings is 1. The second kappa shape index (κ2) is 17.4. The topological polar surface area (TPSA) is 89.6 Å². The highest BCUT2D eigenvalue weighted by Crippen LogP contribution is 2.23. The van der Waals surface area contributed by atoms with Crippen molar-refractivity contribution in [3.05, 3.63) is 42.5 Å². The molecule has 0 saturated carbocycles. The molecular weight excluding hydrogens is 438 g/mol. The third-order valence-electron chi connectivity index (χ3n) is 3.94. The zero-order chi connectivity index (χ0) is 19.7. The Kier molecular flexibility index (Phi) is 16.4. The smallest absolute Gasteiger partial charge is 0.153 e. The Morgan fingerprint density at radius 3 is 2.00 bits per heavy atom. The lowest BCUT2D eigenvalue weighted by molar-refractivity contribution is 0.587. The SMILES string of the molecule is CCCCCCCCCCBr.Cl.Nc1ccc(N=Nc2ccccc2)c(N)n1. The van der Waals surface area contributed by atoms with Crippen molar-refractivity contribution in [3.63, 3.8) is 0 Å². The van der Waals surface area contributed by atoms with Gasteiger partial charge >= 0.3 is 0 Å². The zero-order valence-electron chi connectivity index (χ0n) is 16.7. The molecule has 5 nitrogen and oxygen atoms in total. The summed E-state index contributed by atoms with van der Waals surface area (Å²) < 4.78 is 0. The maximum absolute atomic E-state index is 5.64. The van der Waals surface area contributed by atoms with Gasteiger partial charge in [-0.25, -0.2) is 4.98 Å². The van der Waals surface area contributed by atoms with Gasteiger partial charge in [0.05, 0.1) is 5.69 Å². The molecule has 1 aromatic carbocycles. The van der Waals surface area contributed by atoms with Crippen LogP contribution in [0.3, 0.4) is 0 Å². The molecule has 28 heavy (non-hydrogen) atoms. The number of aromatic nitrogens is 1. The molecule has 0 spiro atoms. The summed E-state index contributed by atoms with van der Waals surface area (Å²) in [6.45, 7) is 2.27. The van der Waals surface area contributed by atoms with Gasteiger partial charge in [-0.3, -0.25) is 0 Å². The van der Waals surface area contributed by atoms with Crippen LogP contribution in [0.5, 0.6) is 0 Å². The normalized spacial score (nSPS) is 10.2. The molecule has 0 amide bonds. The number of halogens is 2. The Labute approximate surface area is 184 Å². The summed E-state index contributed by atoms with van der Waals surface area (Å²) in [5.74, 6) is 0.649. The quantitative estimate of drug-likeness (QED) is 0.213. The molecule has 7 heteroatoms. The number of anilines is 2. The van der Waals surface area contributed by atoms with E-state index < -0.39 is 0 Å². The second-order valence-corrected chi connectivity index (χ2v) is 7.13. The first-order valence-electron chi connectivity index (χ1n) is 9.72. The molecule has 2 aromatic rings. The van der Waals surface area contributed by atoms with Crippen molar-refractivity contribution in [2.45, 2.75) is 58.3 Å². The van der Waals surface area contributed by atoms with Gasteiger partial charge in [0.2, 0.25) is 0 Å². The highest BCUT2D eigenvalue weighted by molar-refractivity contribution is 9.09. The van der Waals surface area contributed by atoms with Crippen LogP contribution in [-0.4, -0.2) is 10.3 Å². The summed E-state index contributed by atoms with van der Waals surface area (Å²) in [6, 6.07) is 12.7. The molecule has 0 unspecified atom stereocenters. The number of unbranched alkanes of at least 4 members (excludes halogenated alkanes) is 7. The van der Waals surface area contributed by atoms with Crippen LogP contribution in [0.1, 0.15) is 58.3 Å². The second-order valence-electron chi connectivity index (χ2n) is 6.34. The summed E-state index contributed by atoms with van der Waals surface area (Å²) in [5, 5.41) is 9.21. The predicted octanol–water partition coefficient (Wildman–Crippen LogP) is 7.61. The molecule has 4 N–H and O–H groups in total. The van der Waals surface area contributed by atoms with Crippen LogP contribution in [0.15, 0.2) is 52.7 Å². The van der Waals surface area contributed by atoms with Gasteiger partial charge in [-0.05, 0) is 30.7 Å². The van der Waals surface area contributed by atoms with Crippen LogP contribution in [0.25, 0.3) is 0 Å². The summed E-state index contributed by atoms with van der Waals surface area (Å²) in [6.07, 6.45) is 11.4. The van der Waals surface area contributed by atoms with E-state index in [0.717, 1.165) is 5.69 Å². The van der Waals surface area contributed by atoms with Gasteiger partial charge in [0.25, 0.3) is 0 Å². The van der Waals surface area contributed by atoms with Gasteiger partial charge in [-0.2, -0.15) is 5.11 Å². The minimum atomic E-state index is 0. The van der Waals surface area contributed by atoms with E-state index in [1.807, 2.05) is 30.3 Å². The van der Waals surface area contributed by atoms with Crippen molar-refractivity contribution >= 4 is 51.3 Å². The average Bonchev–Trinajstić information content (AvgIpc) is 2.68. The molecule has 0 radical (unpaired) electrons. The first kappa shape index (κ1) is 26.3. The molecule has 0 aliphatic rings. The lowest BCUT2D eigenvalue weighted by Crippen LogP contribution is -1.95. The van der Waals surface area contributed by atoms with Crippen molar-refractivity contribution in [1.82, 2.24) is 4.98 Å². The number of nitrogens with two attached hydrogens (primary N) is 2. The van der Waals surface area contributed by atoms with E-state index in [4.69, 9.17) is 11.5 Å². The van der Waals surface area contributed by atoms with Crippen LogP contribution in [-0.2, 0) is 0 Å². The highest BCUT2D eigenvalue weighted by Gasteiger charge is 1.98. The Bertz CT molecular complexity index is 644. The van der Waals surface area contributed by atoms with Crippen molar-refractivity contribution in [2.75, 3.05) is 16.8 Å². The number of alkyl halides is 1. The van der Waals surface area contributed by atoms with E-state index in [9.17, 15) is 0 Å². The number of hydrogen-bond donors (Lipinski definition) is 2. The molecule has 2 rings (SSSR count). The number of benzene rings is 1. The van der Waals surface area contributed by atoms with Crippen molar-refractivity contribution in [3.8, 4) is 0 Å². The van der Waals surface area contributed by atoms with Crippen molar-refractivity contribution in [1.29, 1.82) is 0 Å². The minimum Gasteiger partial charge on any atom is -0.384 e. The number of azo groups is 1. The molecule has 1 aromatic heterocycles. The Hall–Kier alpha value is -1.66. The number of hydrogen-bond acceptors (Lipinski definition) is 5. The molecule has 0 aliphatic heterocycles. The van der Waals surface area contributed by atoms with E-state index in [-0.39, 0.29) is 18.2 Å². The van der Waals surface area contributed by atoms with Gasteiger partial charge in [-0.1, -0.05) is 86.0 Å². The molecule has 0 fully saturated rings. The highest BCUT2D eigenvalue weighted by atomic mass is 79.9. The Morgan fingerprint density at radius 2 is 1.43 bits per heavy atom. The number of nitrogens with zero attached hydrogens (tertiary/aromatic N) is 3. The van der Waals surface area contributed by atoms with E-state index in [1.54, 1.807) is 12.1 Å². The van der Waals surface area contributed by atoms with E-state index >= 15 is 0 Å². The third kappa shape index (κ3) is 12.7. The average molecular weight is 471 g/mol. The first-order valence-corrected chi connectivity index (χ1v) is 10.8. The predicted molar refractivity (Wildman–Crippen MR) is 127 cm³/mol. The molecule has 1 heterocycles. The maximum Gasteiger partial charge on any atom is 0.153 e. The molecule has 0 atom stereocenters. The minimum absolute atomic E-state index is 0. The van der Waals surface area contributed by atoms with Gasteiger partial charge in [0, 0.05) is 5.33 Å². The van der Waals surface area contributed by atoms with Crippen molar-refractivity contribution in [2.24, 2.45) is 10.2 Å². The fourth-order valence-corrected chi connectivity index (χ4v) is 2.80. The summed E-state index contributed by atoms with van der Waals surface area (Å²) in [5.41, 5.74) is 12.4. The van der Waals surface area contributed by atoms with Gasteiger partial charge in [0.15, 0.2) is 5.82 Å². The monoisotopic (exact) mass is 469 g/mol. The maximum atomic E-state index is 5.64. The number of rotatable bonds is 10. The molecular formula is C21H33BrClN5. The lowest BCUT2D eigenvalue weighted by Gasteiger charge is -1.98. The summed E-state index contributed by atoms with van der Waals surface area (Å²) >= 11 is 3.44. The van der Waals surface area contributed by atoms with E-state index in [1.165, 1.54) is 56.7 Å². The van der Waals surface area contributed by atoms with Gasteiger partial charge in [-0.15, -0.1) is 17.5 Å². The van der Waals surface area contributed by atoms with Crippen LogP contribution < -0.4 is 11.5 Å². The largest absolute Gasteiger partial charge is 0.384 e. The van der Waals surface area contributed by atoms with Crippen molar-refractivity contribution < 1.29 is 0 Å². The molecule has 156 valence electrons. The van der Waals surface area contributed by atoms with Crippen LogP contribution in [0.4, 0.5) is 23.0 Å². The molecule has 0 saturated heterocycles. The number of nitrogen functional groups attached to an aromatic ring is 2.